The lowest BCUT2D eigenvalue weighted by Crippen LogP contribution is -2.30. The van der Waals surface area contributed by atoms with E-state index in [9.17, 15) is 23.2 Å². The molecule has 0 aliphatic carbocycles. The normalized spacial score (nSPS) is 17.4. The van der Waals surface area contributed by atoms with E-state index in [2.05, 4.69) is 9.97 Å². The van der Waals surface area contributed by atoms with E-state index in [4.69, 9.17) is 14.6 Å². The minimum Gasteiger partial charge on any atom is -0.481 e. The number of hydrogen-bond donors (Lipinski definition) is 1. The number of ether oxygens (including phenoxy) is 2. The molecule has 0 saturated carbocycles. The lowest BCUT2D eigenvalue weighted by molar-refractivity contribution is -0.159. The van der Waals surface area contributed by atoms with Crippen LogP contribution in [0.25, 0.3) is 22.2 Å². The number of imidazole rings is 1. The number of alkyl halides is 2. The molecule has 0 radical (unpaired) electrons. The first-order valence-electron chi connectivity index (χ1n) is 13.8. The molecular formula is C31H27F3N4O6. The number of aromatic nitrogens is 3. The SMILES string of the molecule is CN1C(=O)c2cccc(OC(F)F)c2[C@H]2C[C@@H]1c1nc3cc(F)c(-c4ccc(C(C)(C)OC(=O)CCC(=O)O)nc4)cc3n12. The molecule has 4 heterocycles. The Kier molecular flexibility index (Phi) is 7.05. The number of carboxylic acids is 1. The van der Waals surface area contributed by atoms with Gasteiger partial charge in [0.2, 0.25) is 0 Å². The summed E-state index contributed by atoms with van der Waals surface area (Å²) in [5.41, 5.74) is 1.28. The number of esters is 1. The Morgan fingerprint density at radius 1 is 1.11 bits per heavy atom. The van der Waals surface area contributed by atoms with Crippen molar-refractivity contribution in [3.8, 4) is 16.9 Å². The Bertz CT molecular complexity index is 1820. The highest BCUT2D eigenvalue weighted by Crippen LogP contribution is 2.50. The molecule has 6 rings (SSSR count). The second-order valence-electron chi connectivity index (χ2n) is 11.3. The topological polar surface area (TPSA) is 124 Å². The number of carbonyl (C=O) groups is 3. The Labute approximate surface area is 249 Å². The monoisotopic (exact) mass is 608 g/mol. The molecule has 2 aromatic heterocycles. The van der Waals surface area contributed by atoms with Crippen LogP contribution in [0, 0.1) is 5.82 Å². The molecule has 228 valence electrons. The van der Waals surface area contributed by atoms with Gasteiger partial charge in [0.05, 0.1) is 41.7 Å². The van der Waals surface area contributed by atoms with Crippen molar-refractivity contribution in [2.45, 2.75) is 57.4 Å². The summed E-state index contributed by atoms with van der Waals surface area (Å²) in [5.74, 6) is -2.32. The van der Waals surface area contributed by atoms with Gasteiger partial charge in [-0.2, -0.15) is 8.78 Å². The number of halogens is 3. The van der Waals surface area contributed by atoms with Gasteiger partial charge in [0, 0.05) is 48.0 Å². The van der Waals surface area contributed by atoms with E-state index in [1.807, 2.05) is 4.57 Å². The molecule has 0 fully saturated rings. The van der Waals surface area contributed by atoms with Crippen molar-refractivity contribution in [2.24, 2.45) is 0 Å². The summed E-state index contributed by atoms with van der Waals surface area (Å²) in [5, 5.41) is 8.80. The second-order valence-corrected chi connectivity index (χ2v) is 11.3. The molecule has 4 aromatic rings. The number of pyridine rings is 1. The Morgan fingerprint density at radius 3 is 2.57 bits per heavy atom. The van der Waals surface area contributed by atoms with Gasteiger partial charge < -0.3 is 24.0 Å². The number of nitrogens with zero attached hydrogens (tertiary/aromatic N) is 4. The van der Waals surface area contributed by atoms with Gasteiger partial charge in [0.15, 0.2) is 0 Å². The van der Waals surface area contributed by atoms with Gasteiger partial charge in [0.1, 0.15) is 23.0 Å². The molecule has 2 aliphatic rings. The predicted molar refractivity (Wildman–Crippen MR) is 150 cm³/mol. The van der Waals surface area contributed by atoms with Crippen molar-refractivity contribution in [2.75, 3.05) is 7.05 Å². The summed E-state index contributed by atoms with van der Waals surface area (Å²) in [6.07, 6.45) is 1.17. The summed E-state index contributed by atoms with van der Waals surface area (Å²) in [4.78, 5) is 46.8. The molecule has 2 bridgehead atoms. The first-order chi connectivity index (χ1) is 20.9. The van der Waals surface area contributed by atoms with E-state index < -0.39 is 42.1 Å². The highest BCUT2D eigenvalue weighted by molar-refractivity contribution is 5.98. The molecule has 0 spiro atoms. The van der Waals surface area contributed by atoms with E-state index in [1.165, 1.54) is 29.3 Å². The molecule has 2 atom stereocenters. The van der Waals surface area contributed by atoms with Gasteiger partial charge in [0.25, 0.3) is 5.91 Å². The molecule has 1 N–H and O–H groups in total. The fourth-order valence-corrected chi connectivity index (χ4v) is 6.03. The van der Waals surface area contributed by atoms with E-state index >= 15 is 4.39 Å². The molecule has 2 aliphatic heterocycles. The van der Waals surface area contributed by atoms with Crippen LogP contribution in [0.15, 0.2) is 48.7 Å². The summed E-state index contributed by atoms with van der Waals surface area (Å²) in [6, 6.07) is 9.55. The fourth-order valence-electron chi connectivity index (χ4n) is 6.03. The highest BCUT2D eigenvalue weighted by Gasteiger charge is 2.45. The van der Waals surface area contributed by atoms with Crippen molar-refractivity contribution in [3.05, 3.63) is 77.1 Å². The minimum atomic E-state index is -3.09. The van der Waals surface area contributed by atoms with Gasteiger partial charge >= 0.3 is 18.6 Å². The van der Waals surface area contributed by atoms with Crippen molar-refractivity contribution in [3.63, 3.8) is 0 Å². The minimum absolute atomic E-state index is 0.104. The fraction of sp³-hybridized carbons (Fsp3) is 0.323. The second kappa shape index (κ2) is 10.6. The lowest BCUT2D eigenvalue weighted by atomic mass is 9.97. The molecule has 44 heavy (non-hydrogen) atoms. The van der Waals surface area contributed by atoms with Crippen LogP contribution in [0.5, 0.6) is 5.75 Å². The average Bonchev–Trinajstić information content (AvgIpc) is 3.48. The third-order valence-corrected chi connectivity index (χ3v) is 8.10. The van der Waals surface area contributed by atoms with Crippen LogP contribution in [0.4, 0.5) is 13.2 Å². The third kappa shape index (κ3) is 4.91. The van der Waals surface area contributed by atoms with Crippen LogP contribution in [0.2, 0.25) is 0 Å². The summed E-state index contributed by atoms with van der Waals surface area (Å²) >= 11 is 0. The van der Waals surface area contributed by atoms with Crippen molar-refractivity contribution in [1.82, 2.24) is 19.4 Å². The summed E-state index contributed by atoms with van der Waals surface area (Å²) in [7, 11) is 1.62. The van der Waals surface area contributed by atoms with Crippen LogP contribution >= 0.6 is 0 Å². The van der Waals surface area contributed by atoms with Gasteiger partial charge in [-0.05, 0) is 38.1 Å². The number of benzene rings is 2. The molecular weight excluding hydrogens is 581 g/mol. The van der Waals surface area contributed by atoms with Gasteiger partial charge in [-0.1, -0.05) is 12.1 Å². The van der Waals surface area contributed by atoms with Gasteiger partial charge in [-0.25, -0.2) is 9.37 Å². The van der Waals surface area contributed by atoms with E-state index in [0.717, 1.165) is 0 Å². The molecule has 0 unspecified atom stereocenters. The molecule has 10 nitrogen and oxygen atoms in total. The number of hydrogen-bond acceptors (Lipinski definition) is 7. The zero-order valence-electron chi connectivity index (χ0n) is 23.9. The number of carbonyl (C=O) groups excluding carboxylic acids is 2. The average molecular weight is 609 g/mol. The first-order valence-corrected chi connectivity index (χ1v) is 13.8. The lowest BCUT2D eigenvalue weighted by Gasteiger charge is -2.25. The van der Waals surface area contributed by atoms with Crippen LogP contribution in [0.1, 0.15) is 72.6 Å². The molecule has 0 saturated heterocycles. The van der Waals surface area contributed by atoms with E-state index in [-0.39, 0.29) is 35.6 Å². The van der Waals surface area contributed by atoms with Crippen molar-refractivity contribution in [1.29, 1.82) is 0 Å². The van der Waals surface area contributed by atoms with Crippen LogP contribution in [-0.4, -0.2) is 56.0 Å². The van der Waals surface area contributed by atoms with Gasteiger partial charge in [-0.3, -0.25) is 19.4 Å². The predicted octanol–water partition coefficient (Wildman–Crippen LogP) is 5.60. The zero-order chi connectivity index (χ0) is 31.5. The first kappa shape index (κ1) is 29.1. The molecule has 1 amide bonds. The smallest absolute Gasteiger partial charge is 0.387 e. The van der Waals surface area contributed by atoms with Crippen LogP contribution in [0.3, 0.4) is 0 Å². The standard InChI is InChI=1S/C31H27F3N4O6/c1-31(2,44-26(41)10-9-25(39)40)24-8-7-15(14-35-24)17-11-20-19(12-18(17)32)36-28-22-13-21(38(20)28)27-16(29(42)37(22)3)5-4-6-23(27)43-30(33)34/h4-8,11-12,14,21-22,30H,9-10,13H2,1-3H3,(H,39,40)/t21-,22-/m1/s1. The number of carboxylic acid groups (broad SMARTS) is 1. The number of fused-ring (bicyclic) bond motifs is 9. The van der Waals surface area contributed by atoms with Crippen LogP contribution in [-0.2, 0) is 19.9 Å². The van der Waals surface area contributed by atoms with Crippen molar-refractivity contribution < 1.29 is 42.1 Å². The Balaban J connectivity index is 1.39. The molecule has 2 aromatic carbocycles. The summed E-state index contributed by atoms with van der Waals surface area (Å²) in [6.45, 7) is 0.132. The maximum atomic E-state index is 15.5. The summed E-state index contributed by atoms with van der Waals surface area (Å²) < 4.78 is 54.4. The highest BCUT2D eigenvalue weighted by atomic mass is 19.3. The maximum absolute atomic E-state index is 15.5. The van der Waals surface area contributed by atoms with E-state index in [1.54, 1.807) is 45.2 Å². The quantitative estimate of drug-likeness (QED) is 0.257. The maximum Gasteiger partial charge on any atom is 0.387 e. The number of aliphatic carboxylic acids is 1. The van der Waals surface area contributed by atoms with Crippen LogP contribution < -0.4 is 4.74 Å². The number of rotatable bonds is 8. The third-order valence-electron chi connectivity index (χ3n) is 8.10. The Hall–Kier alpha value is -4.94. The molecule has 13 heteroatoms. The zero-order valence-corrected chi connectivity index (χ0v) is 23.9. The largest absolute Gasteiger partial charge is 0.481 e. The number of amides is 1. The van der Waals surface area contributed by atoms with Crippen molar-refractivity contribution >= 4 is 28.9 Å². The van der Waals surface area contributed by atoms with E-state index in [0.29, 0.717) is 40.1 Å². The van der Waals surface area contributed by atoms with Gasteiger partial charge in [-0.15, -0.1) is 0 Å². The Morgan fingerprint density at radius 2 is 1.89 bits per heavy atom.